The second-order valence-corrected chi connectivity index (χ2v) is 9.14. The van der Waals surface area contributed by atoms with Crippen LogP contribution in [-0.2, 0) is 14.8 Å². The fourth-order valence-electron chi connectivity index (χ4n) is 3.59. The minimum Gasteiger partial charge on any atom is -0.497 e. The van der Waals surface area contributed by atoms with Crippen LogP contribution >= 0.6 is 0 Å². The number of amides is 1. The van der Waals surface area contributed by atoms with Crippen LogP contribution in [0.5, 0.6) is 11.5 Å². The van der Waals surface area contributed by atoms with Crippen LogP contribution in [0.1, 0.15) is 19.8 Å². The Morgan fingerprint density at radius 2 is 1.73 bits per heavy atom. The second kappa shape index (κ2) is 9.49. The first-order valence-corrected chi connectivity index (χ1v) is 11.5. The molecule has 0 N–H and O–H groups in total. The molecule has 1 aliphatic heterocycles. The molecule has 2 aromatic rings. The Labute approximate surface area is 178 Å². The molecule has 30 heavy (non-hydrogen) atoms. The third-order valence-corrected chi connectivity index (χ3v) is 7.18. The van der Waals surface area contributed by atoms with Crippen LogP contribution in [0.2, 0.25) is 0 Å². The van der Waals surface area contributed by atoms with E-state index in [0.717, 1.165) is 5.69 Å². The van der Waals surface area contributed by atoms with E-state index in [9.17, 15) is 13.2 Å². The maximum Gasteiger partial charge on any atom is 0.243 e. The Bertz CT molecular complexity index is 958. The molecule has 0 aromatic heterocycles. The number of ether oxygens (including phenoxy) is 2. The summed E-state index contributed by atoms with van der Waals surface area (Å²) in [5.41, 5.74) is 0.743. The maximum absolute atomic E-state index is 13.1. The Balaban J connectivity index is 1.72. The van der Waals surface area contributed by atoms with Gasteiger partial charge in [-0.05, 0) is 68.3 Å². The van der Waals surface area contributed by atoms with Crippen molar-refractivity contribution in [2.45, 2.75) is 24.7 Å². The Hall–Kier alpha value is -2.58. The fourth-order valence-corrected chi connectivity index (χ4v) is 5.12. The summed E-state index contributed by atoms with van der Waals surface area (Å²) in [6.45, 7) is 2.97. The number of methoxy groups -OCH3 is 1. The van der Waals surface area contributed by atoms with Gasteiger partial charge in [0, 0.05) is 25.8 Å². The van der Waals surface area contributed by atoms with Gasteiger partial charge in [-0.1, -0.05) is 0 Å². The topological polar surface area (TPSA) is 76.2 Å². The van der Waals surface area contributed by atoms with Gasteiger partial charge >= 0.3 is 0 Å². The van der Waals surface area contributed by atoms with Gasteiger partial charge < -0.3 is 14.4 Å². The molecule has 1 fully saturated rings. The zero-order valence-corrected chi connectivity index (χ0v) is 18.4. The van der Waals surface area contributed by atoms with Gasteiger partial charge in [0.2, 0.25) is 15.9 Å². The molecule has 3 rings (SSSR count). The van der Waals surface area contributed by atoms with Crippen LogP contribution < -0.4 is 14.4 Å². The lowest BCUT2D eigenvalue weighted by Gasteiger charge is -2.33. The molecule has 0 radical (unpaired) electrons. The van der Waals surface area contributed by atoms with E-state index in [1.54, 1.807) is 55.5 Å². The van der Waals surface area contributed by atoms with E-state index >= 15 is 0 Å². The zero-order valence-electron chi connectivity index (χ0n) is 17.6. The molecular weight excluding hydrogens is 404 g/mol. The van der Waals surface area contributed by atoms with E-state index in [2.05, 4.69) is 0 Å². The molecule has 0 saturated carbocycles. The first-order chi connectivity index (χ1) is 14.4. The molecule has 1 atom stereocenters. The summed E-state index contributed by atoms with van der Waals surface area (Å²) in [4.78, 5) is 14.8. The van der Waals surface area contributed by atoms with Crippen LogP contribution in [-0.4, -0.2) is 52.5 Å². The molecular formula is C22H28N2O5S. The number of carbonyl (C=O) groups is 1. The van der Waals surface area contributed by atoms with E-state index in [4.69, 9.17) is 9.47 Å². The van der Waals surface area contributed by atoms with Gasteiger partial charge in [-0.15, -0.1) is 0 Å². The predicted molar refractivity (Wildman–Crippen MR) is 115 cm³/mol. The number of sulfonamides is 1. The first kappa shape index (κ1) is 22.1. The van der Waals surface area contributed by atoms with Crippen LogP contribution in [0, 0.1) is 5.92 Å². The average molecular weight is 433 g/mol. The normalized spacial score (nSPS) is 17.4. The number of benzene rings is 2. The predicted octanol–water partition coefficient (Wildman–Crippen LogP) is 3.16. The summed E-state index contributed by atoms with van der Waals surface area (Å²) in [5.74, 6) is 0.865. The second-order valence-electron chi connectivity index (χ2n) is 7.20. The average Bonchev–Trinajstić information content (AvgIpc) is 2.79. The molecule has 1 aliphatic rings. The van der Waals surface area contributed by atoms with Crippen molar-refractivity contribution in [3.05, 3.63) is 48.5 Å². The Morgan fingerprint density at radius 3 is 2.33 bits per heavy atom. The smallest absolute Gasteiger partial charge is 0.243 e. The summed E-state index contributed by atoms with van der Waals surface area (Å²) in [7, 11) is -0.368. The third kappa shape index (κ3) is 4.76. The number of carbonyl (C=O) groups excluding carboxylic acids is 1. The van der Waals surface area contributed by atoms with Crippen LogP contribution in [0.25, 0.3) is 0 Å². The molecule has 8 heteroatoms. The molecule has 1 heterocycles. The van der Waals surface area contributed by atoms with Crippen molar-refractivity contribution in [3.8, 4) is 11.5 Å². The van der Waals surface area contributed by atoms with Gasteiger partial charge in [0.05, 0.1) is 24.5 Å². The van der Waals surface area contributed by atoms with Crippen molar-refractivity contribution in [3.63, 3.8) is 0 Å². The SMILES string of the molecule is CCOc1ccc(S(=O)(=O)N2CCC[C@H](C(=O)N(C)c3ccc(OC)cc3)C2)cc1. The van der Waals surface area contributed by atoms with Crippen molar-refractivity contribution < 1.29 is 22.7 Å². The molecule has 2 aromatic carbocycles. The highest BCUT2D eigenvalue weighted by Gasteiger charge is 2.34. The van der Waals surface area contributed by atoms with E-state index in [-0.39, 0.29) is 23.3 Å². The van der Waals surface area contributed by atoms with E-state index < -0.39 is 10.0 Å². The van der Waals surface area contributed by atoms with Crippen molar-refractivity contribution in [2.24, 2.45) is 5.92 Å². The monoisotopic (exact) mass is 432 g/mol. The lowest BCUT2D eigenvalue weighted by Crippen LogP contribution is -2.45. The number of hydrogen-bond acceptors (Lipinski definition) is 5. The quantitative estimate of drug-likeness (QED) is 0.672. The molecule has 0 bridgehead atoms. The highest BCUT2D eigenvalue weighted by atomic mass is 32.2. The van der Waals surface area contributed by atoms with Crippen LogP contribution in [0.15, 0.2) is 53.4 Å². The summed E-state index contributed by atoms with van der Waals surface area (Å²) < 4.78 is 38.1. The zero-order chi connectivity index (χ0) is 21.7. The molecule has 1 saturated heterocycles. The molecule has 162 valence electrons. The van der Waals surface area contributed by atoms with Gasteiger partial charge in [0.25, 0.3) is 0 Å². The van der Waals surface area contributed by atoms with Crippen LogP contribution in [0.3, 0.4) is 0 Å². The molecule has 0 aliphatic carbocycles. The lowest BCUT2D eigenvalue weighted by atomic mass is 9.98. The summed E-state index contributed by atoms with van der Waals surface area (Å²) in [5, 5.41) is 0. The number of anilines is 1. The highest BCUT2D eigenvalue weighted by Crippen LogP contribution is 2.27. The van der Waals surface area contributed by atoms with Crippen molar-refractivity contribution in [2.75, 3.05) is 38.8 Å². The fraction of sp³-hybridized carbons (Fsp3) is 0.409. The maximum atomic E-state index is 13.1. The van der Waals surface area contributed by atoms with Crippen molar-refractivity contribution >= 4 is 21.6 Å². The van der Waals surface area contributed by atoms with Gasteiger partial charge in [0.1, 0.15) is 11.5 Å². The molecule has 0 spiro atoms. The van der Waals surface area contributed by atoms with Crippen LogP contribution in [0.4, 0.5) is 5.69 Å². The molecule has 1 amide bonds. The number of piperidine rings is 1. The number of rotatable bonds is 7. The standard InChI is InChI=1S/C22H28N2O5S/c1-4-29-20-11-13-21(14-12-20)30(26,27)24-15-5-6-17(16-24)22(25)23(2)18-7-9-19(28-3)10-8-18/h7-14,17H,4-6,15-16H2,1-3H3/t17-/m0/s1. The summed E-state index contributed by atoms with van der Waals surface area (Å²) >= 11 is 0. The van der Waals surface area contributed by atoms with Gasteiger partial charge in [-0.3, -0.25) is 4.79 Å². The Morgan fingerprint density at radius 1 is 1.10 bits per heavy atom. The molecule has 0 unspecified atom stereocenters. The third-order valence-electron chi connectivity index (χ3n) is 5.30. The van der Waals surface area contributed by atoms with E-state index in [0.29, 0.717) is 37.5 Å². The van der Waals surface area contributed by atoms with Crippen molar-refractivity contribution in [1.29, 1.82) is 0 Å². The molecule has 7 nitrogen and oxygen atoms in total. The Kier molecular flexibility index (Phi) is 6.99. The minimum atomic E-state index is -3.67. The van der Waals surface area contributed by atoms with Gasteiger partial charge in [-0.2, -0.15) is 4.31 Å². The largest absolute Gasteiger partial charge is 0.497 e. The minimum absolute atomic E-state index is 0.0910. The highest BCUT2D eigenvalue weighted by molar-refractivity contribution is 7.89. The van der Waals surface area contributed by atoms with E-state index in [1.165, 1.54) is 4.31 Å². The van der Waals surface area contributed by atoms with Crippen molar-refractivity contribution in [1.82, 2.24) is 4.31 Å². The first-order valence-electron chi connectivity index (χ1n) is 10.0. The lowest BCUT2D eigenvalue weighted by molar-refractivity contribution is -0.123. The van der Waals surface area contributed by atoms with Gasteiger partial charge in [0.15, 0.2) is 0 Å². The van der Waals surface area contributed by atoms with E-state index in [1.807, 2.05) is 19.1 Å². The summed E-state index contributed by atoms with van der Waals surface area (Å²) in [6, 6.07) is 13.6. The van der Waals surface area contributed by atoms with Gasteiger partial charge in [-0.25, -0.2) is 8.42 Å². The number of nitrogens with zero attached hydrogens (tertiary/aromatic N) is 2. The number of hydrogen-bond donors (Lipinski definition) is 0. The summed E-state index contributed by atoms with van der Waals surface area (Å²) in [6.07, 6.45) is 1.30.